The van der Waals surface area contributed by atoms with Crippen molar-refractivity contribution in [3.63, 3.8) is 0 Å². The molecule has 2 aromatic carbocycles. The molecule has 0 aliphatic carbocycles. The molecular formula is C24H26N13Na2O6S2+. The van der Waals surface area contributed by atoms with Crippen LogP contribution < -0.4 is 90.0 Å². The fourth-order valence-electron chi connectivity index (χ4n) is 3.41. The fraction of sp³-hybridized carbons (Fsp3) is 0.167. The molecule has 236 valence electrons. The van der Waals surface area contributed by atoms with E-state index in [4.69, 9.17) is 34.9 Å². The topological polar surface area (TPSA) is 269 Å². The Morgan fingerprint density at radius 1 is 0.894 bits per heavy atom. The van der Waals surface area contributed by atoms with Crippen molar-refractivity contribution in [3.8, 4) is 11.4 Å². The van der Waals surface area contributed by atoms with Gasteiger partial charge >= 0.3 is 63.9 Å². The molecule has 0 aliphatic rings. The second-order valence-electron chi connectivity index (χ2n) is 8.33. The van der Waals surface area contributed by atoms with Gasteiger partial charge in [0.05, 0.1) is 11.9 Å². The quantitative estimate of drug-likeness (QED) is 0.0326. The number of aromatic carboxylic acids is 2. The number of nitrogens with one attached hydrogen (secondary N) is 5. The Hall–Kier alpha value is -3.64. The van der Waals surface area contributed by atoms with E-state index in [1.165, 1.54) is 35.4 Å². The summed E-state index contributed by atoms with van der Waals surface area (Å²) in [6.07, 6.45) is 1.52. The van der Waals surface area contributed by atoms with E-state index in [0.717, 1.165) is 18.8 Å². The zero-order valence-electron chi connectivity index (χ0n) is 25.5. The summed E-state index contributed by atoms with van der Waals surface area (Å²) in [4.78, 5) is 35.8. The van der Waals surface area contributed by atoms with Crippen LogP contribution in [0.25, 0.3) is 11.4 Å². The van der Waals surface area contributed by atoms with Crippen molar-refractivity contribution in [1.82, 2.24) is 45.1 Å². The zero-order chi connectivity index (χ0) is 32.9. The predicted molar refractivity (Wildman–Crippen MR) is 157 cm³/mol. The maximum Gasteiger partial charge on any atom is 1.00 e. The van der Waals surface area contributed by atoms with Gasteiger partial charge in [0.2, 0.25) is 5.95 Å². The molecule has 5 rings (SSSR count). The summed E-state index contributed by atoms with van der Waals surface area (Å²) in [5.41, 5.74) is 5.28. The molecule has 3 aromatic heterocycles. The summed E-state index contributed by atoms with van der Waals surface area (Å²) in [6.45, 7) is 5.34. The molecule has 0 saturated heterocycles. The van der Waals surface area contributed by atoms with E-state index in [-0.39, 0.29) is 82.1 Å². The van der Waals surface area contributed by atoms with Crippen molar-refractivity contribution in [2.24, 2.45) is 0 Å². The van der Waals surface area contributed by atoms with Crippen molar-refractivity contribution in [1.29, 1.82) is 0 Å². The van der Waals surface area contributed by atoms with Gasteiger partial charge in [-0.2, -0.15) is 20.1 Å². The second kappa shape index (κ2) is 20.6. The molecule has 19 nitrogen and oxygen atoms in total. The van der Waals surface area contributed by atoms with E-state index in [2.05, 4.69) is 40.6 Å². The largest absolute Gasteiger partial charge is 1.00 e. The maximum atomic E-state index is 10.5. The molecule has 23 heteroatoms. The summed E-state index contributed by atoms with van der Waals surface area (Å²) in [5.74, 6) is -2.08. The summed E-state index contributed by atoms with van der Waals surface area (Å²) >= 11 is 9.75. The Labute approximate surface area is 320 Å². The van der Waals surface area contributed by atoms with Crippen LogP contribution in [0.2, 0.25) is 0 Å². The molecule has 3 heterocycles. The summed E-state index contributed by atoms with van der Waals surface area (Å²) in [7, 11) is 0. The average molecular weight is 703 g/mol. The molecule has 5 aromatic rings. The van der Waals surface area contributed by atoms with E-state index < -0.39 is 11.9 Å². The number of carbonyl (C=O) groups excluding carboxylic acids is 2. The summed E-state index contributed by atoms with van der Waals surface area (Å²) < 4.78 is 2.41. The summed E-state index contributed by atoms with van der Waals surface area (Å²) in [6, 6.07) is 12.2. The van der Waals surface area contributed by atoms with Crippen LogP contribution in [0.1, 0.15) is 34.6 Å². The monoisotopic (exact) mass is 702 g/mol. The Bertz CT molecular complexity index is 1810. The van der Waals surface area contributed by atoms with Gasteiger partial charge in [0.25, 0.3) is 11.9 Å². The van der Waals surface area contributed by atoms with Gasteiger partial charge in [0.1, 0.15) is 6.33 Å². The number of nitrogens with zero attached hydrogens (tertiary/aromatic N) is 8. The zero-order valence-corrected chi connectivity index (χ0v) is 31.2. The van der Waals surface area contributed by atoms with Gasteiger partial charge in [0, 0.05) is 23.9 Å². The number of hydrogen-bond donors (Lipinski definition) is 7. The Morgan fingerprint density at radius 3 is 1.79 bits per heavy atom. The van der Waals surface area contributed by atoms with Crippen LogP contribution in [-0.2, 0) is 0 Å². The fourth-order valence-corrected chi connectivity index (χ4v) is 3.74. The standard InChI is InChI=1S/C9H7N3O2S.C8H6N4O2S.C7H14N6O2.2Na/c13-8(14)6-1-3-7(4-2-6)12-5-10-11-9(12)15;13-7(14)5-1-3-6(4-2-5)12-10-8(15)9-11-12;1-3-13(4-2)7-9-5(11-14)8-6(10-7)12-15;;/h1-5H,(H,11,15)(H,13,14);1-4H,(H2,10,13,14,15);14-15H,3-4H2,1-2H3,(H2,8,9,10,11,12);;/q;;;2*+1/p-1. The van der Waals surface area contributed by atoms with Crippen molar-refractivity contribution >= 4 is 54.2 Å². The number of rotatable bonds is 9. The van der Waals surface area contributed by atoms with Crippen LogP contribution in [0.3, 0.4) is 0 Å². The van der Waals surface area contributed by atoms with Crippen molar-refractivity contribution < 1.29 is 94.1 Å². The van der Waals surface area contributed by atoms with Crippen molar-refractivity contribution in [2.75, 3.05) is 28.9 Å². The molecule has 0 atom stereocenters. The molecule has 0 spiro atoms. The third-order valence-electron chi connectivity index (χ3n) is 5.61. The number of H-pyrrole nitrogens is 3. The van der Waals surface area contributed by atoms with E-state index in [1.54, 1.807) is 39.8 Å². The molecule has 0 amide bonds. The second-order valence-corrected chi connectivity index (χ2v) is 9.11. The molecule has 0 aliphatic heterocycles. The van der Waals surface area contributed by atoms with E-state index in [0.29, 0.717) is 21.2 Å². The third kappa shape index (κ3) is 12.2. The number of hydrogen-bond acceptors (Lipinski definition) is 16. The van der Waals surface area contributed by atoms with Crippen LogP contribution in [0.15, 0.2) is 54.9 Å². The Balaban J connectivity index is 0.000000345. The molecule has 0 bridgehead atoms. The molecule has 7 N–H and O–H groups in total. The first-order chi connectivity index (χ1) is 21.6. The van der Waals surface area contributed by atoms with Crippen LogP contribution in [-0.4, -0.2) is 80.6 Å². The van der Waals surface area contributed by atoms with Crippen LogP contribution in [0, 0.1) is 9.54 Å². The number of aromatic nitrogens is 10. The molecular weight excluding hydrogens is 676 g/mol. The maximum absolute atomic E-state index is 10.5. The third-order valence-corrected chi connectivity index (χ3v) is 6.08. The van der Waals surface area contributed by atoms with Gasteiger partial charge in [0.15, 0.2) is 10.5 Å². The van der Waals surface area contributed by atoms with E-state index in [1.807, 2.05) is 18.7 Å². The van der Waals surface area contributed by atoms with Gasteiger partial charge in [-0.05, 0) is 90.6 Å². The average Bonchev–Trinajstić information content (AvgIpc) is 3.70. The van der Waals surface area contributed by atoms with Crippen LogP contribution in [0.4, 0.5) is 17.8 Å². The van der Waals surface area contributed by atoms with Crippen molar-refractivity contribution in [3.05, 3.63) is 75.5 Å². The minimum atomic E-state index is -1.21. The minimum Gasteiger partial charge on any atom is -0.545 e. The number of carboxylic acids is 2. The van der Waals surface area contributed by atoms with E-state index in [9.17, 15) is 19.8 Å². The number of carboxylic acid groups (broad SMARTS) is 2. The summed E-state index contributed by atoms with van der Waals surface area (Å²) in [5, 5.41) is 53.9. The van der Waals surface area contributed by atoms with E-state index >= 15 is 0 Å². The first kappa shape index (κ1) is 41.4. The number of benzene rings is 2. The van der Waals surface area contributed by atoms with Crippen molar-refractivity contribution in [2.45, 2.75) is 13.8 Å². The van der Waals surface area contributed by atoms with Gasteiger partial charge in [-0.15, -0.1) is 5.10 Å². The normalized spacial score (nSPS) is 9.62. The minimum absolute atomic E-state index is 0. The number of tetrazole rings is 1. The van der Waals surface area contributed by atoms with Gasteiger partial charge < -0.3 is 24.7 Å². The number of carbonyl (C=O) groups is 2. The van der Waals surface area contributed by atoms with Gasteiger partial charge in [-0.25, -0.2) is 11.0 Å². The number of anilines is 3. The molecule has 47 heavy (non-hydrogen) atoms. The molecule has 0 radical (unpaired) electrons. The molecule has 0 saturated carbocycles. The molecule has 0 unspecified atom stereocenters. The molecule has 0 fully saturated rings. The Morgan fingerprint density at radius 2 is 1.40 bits per heavy atom. The first-order valence-electron chi connectivity index (χ1n) is 12.7. The smallest absolute Gasteiger partial charge is 0.545 e. The van der Waals surface area contributed by atoms with Crippen LogP contribution >= 0.6 is 24.4 Å². The first-order valence-corrected chi connectivity index (χ1v) is 13.6. The Kier molecular flexibility index (Phi) is 18.1. The van der Waals surface area contributed by atoms with Crippen LogP contribution in [0.5, 0.6) is 0 Å². The predicted octanol–water partition coefficient (Wildman–Crippen LogP) is -6.27. The number of aromatic amines is 3. The van der Waals surface area contributed by atoms with Gasteiger partial charge in [-0.3, -0.25) is 20.1 Å². The van der Waals surface area contributed by atoms with Gasteiger partial charge in [-0.1, -0.05) is 17.3 Å². The SMILES string of the molecule is CCN(CC)c1nc(NO)nc(NO)n1.O=C([O-])c1ccc(-[n+]2nc(=S)[nH][nH]2)cc1.O=C([O-])c1ccc(-n2cn[nH]c2=S)cc1.[Na+].[Na+].